The van der Waals surface area contributed by atoms with Gasteiger partial charge in [0.1, 0.15) is 5.60 Å². The van der Waals surface area contributed by atoms with Gasteiger partial charge in [0, 0.05) is 0 Å². The zero-order valence-electron chi connectivity index (χ0n) is 15.0. The number of ether oxygens (including phenoxy) is 1. The highest BCUT2D eigenvalue weighted by molar-refractivity contribution is 5.47. The summed E-state index contributed by atoms with van der Waals surface area (Å²) in [6, 6.07) is 30.5. The van der Waals surface area contributed by atoms with Gasteiger partial charge < -0.3 is 9.84 Å². The minimum absolute atomic E-state index is 0.197. The number of benzene rings is 3. The van der Waals surface area contributed by atoms with Crippen molar-refractivity contribution in [3.63, 3.8) is 0 Å². The number of rotatable bonds is 7. The van der Waals surface area contributed by atoms with E-state index >= 15 is 0 Å². The Bertz CT molecular complexity index is 714. The van der Waals surface area contributed by atoms with Crippen molar-refractivity contribution < 1.29 is 9.84 Å². The highest BCUT2D eigenvalue weighted by Gasteiger charge is 2.37. The van der Waals surface area contributed by atoms with Gasteiger partial charge in [-0.2, -0.15) is 0 Å². The summed E-state index contributed by atoms with van der Waals surface area (Å²) < 4.78 is 6.50. The van der Waals surface area contributed by atoms with Crippen molar-refractivity contribution >= 4 is 0 Å². The molecule has 26 heavy (non-hydrogen) atoms. The van der Waals surface area contributed by atoms with Gasteiger partial charge in [0.15, 0.2) is 0 Å². The van der Waals surface area contributed by atoms with Gasteiger partial charge in [0.2, 0.25) is 0 Å². The maximum absolute atomic E-state index is 10.2. The maximum Gasteiger partial charge on any atom is 0.143 e. The Kier molecular flexibility index (Phi) is 6.00. The SMILES string of the molecule is C/C=C\[C@H](O)COC(c1ccccc1)(c1ccccc1)c1ccccc1. The Morgan fingerprint density at radius 1 is 0.769 bits per heavy atom. The van der Waals surface area contributed by atoms with Crippen LogP contribution in [0.1, 0.15) is 23.6 Å². The average molecular weight is 344 g/mol. The summed E-state index contributed by atoms with van der Waals surface area (Å²) in [5.74, 6) is 0. The molecule has 0 aliphatic carbocycles. The van der Waals surface area contributed by atoms with E-state index in [1.807, 2.05) is 67.6 Å². The molecule has 0 amide bonds. The summed E-state index contributed by atoms with van der Waals surface area (Å²) in [7, 11) is 0. The molecule has 132 valence electrons. The lowest BCUT2D eigenvalue weighted by atomic mass is 9.80. The van der Waals surface area contributed by atoms with Crippen LogP contribution in [0.3, 0.4) is 0 Å². The van der Waals surface area contributed by atoms with Crippen LogP contribution in [0.2, 0.25) is 0 Å². The van der Waals surface area contributed by atoms with Gasteiger partial charge in [-0.1, -0.05) is 103 Å². The highest BCUT2D eigenvalue weighted by Crippen LogP contribution is 2.40. The van der Waals surface area contributed by atoms with Crippen LogP contribution in [0.25, 0.3) is 0 Å². The Balaban J connectivity index is 2.18. The number of aliphatic hydroxyl groups excluding tert-OH is 1. The molecular weight excluding hydrogens is 320 g/mol. The third-order valence-electron chi connectivity index (χ3n) is 4.43. The second-order valence-electron chi connectivity index (χ2n) is 6.18. The van der Waals surface area contributed by atoms with E-state index in [1.165, 1.54) is 0 Å². The molecule has 0 saturated heterocycles. The topological polar surface area (TPSA) is 29.5 Å². The second-order valence-corrected chi connectivity index (χ2v) is 6.18. The number of aliphatic hydroxyl groups is 1. The first kappa shape index (κ1) is 18.1. The molecule has 0 saturated carbocycles. The maximum atomic E-state index is 10.2. The van der Waals surface area contributed by atoms with E-state index < -0.39 is 11.7 Å². The Labute approximate surface area is 155 Å². The van der Waals surface area contributed by atoms with E-state index in [1.54, 1.807) is 6.08 Å². The number of hydrogen-bond acceptors (Lipinski definition) is 2. The molecule has 0 fully saturated rings. The van der Waals surface area contributed by atoms with Gasteiger partial charge in [0.05, 0.1) is 12.7 Å². The Hall–Kier alpha value is -2.68. The first-order chi connectivity index (χ1) is 12.8. The molecule has 0 heterocycles. The van der Waals surface area contributed by atoms with Crippen LogP contribution in [0.5, 0.6) is 0 Å². The van der Waals surface area contributed by atoms with E-state index in [-0.39, 0.29) is 6.61 Å². The minimum atomic E-state index is -0.785. The minimum Gasteiger partial charge on any atom is -0.387 e. The molecule has 0 radical (unpaired) electrons. The van der Waals surface area contributed by atoms with E-state index in [2.05, 4.69) is 36.4 Å². The van der Waals surface area contributed by atoms with Crippen LogP contribution in [0, 0.1) is 0 Å². The second kappa shape index (κ2) is 8.61. The summed E-state index contributed by atoms with van der Waals surface area (Å²) in [5, 5.41) is 10.2. The molecular formula is C24H24O2. The summed E-state index contributed by atoms with van der Waals surface area (Å²) >= 11 is 0. The number of hydrogen-bond donors (Lipinski definition) is 1. The van der Waals surface area contributed by atoms with Gasteiger partial charge in [-0.25, -0.2) is 0 Å². The fourth-order valence-corrected chi connectivity index (χ4v) is 3.26. The third-order valence-corrected chi connectivity index (χ3v) is 4.43. The monoisotopic (exact) mass is 344 g/mol. The van der Waals surface area contributed by atoms with Crippen molar-refractivity contribution in [2.45, 2.75) is 18.6 Å². The molecule has 0 unspecified atom stereocenters. The normalized spacial score (nSPS) is 13.0. The van der Waals surface area contributed by atoms with Crippen LogP contribution in [0.15, 0.2) is 103 Å². The van der Waals surface area contributed by atoms with Crippen LogP contribution < -0.4 is 0 Å². The predicted molar refractivity (Wildman–Crippen MR) is 106 cm³/mol. The molecule has 2 heteroatoms. The van der Waals surface area contributed by atoms with Gasteiger partial charge in [0.25, 0.3) is 0 Å². The van der Waals surface area contributed by atoms with Crippen molar-refractivity contribution in [3.8, 4) is 0 Å². The molecule has 0 aromatic heterocycles. The van der Waals surface area contributed by atoms with Crippen molar-refractivity contribution in [1.29, 1.82) is 0 Å². The predicted octanol–water partition coefficient (Wildman–Crippen LogP) is 4.93. The van der Waals surface area contributed by atoms with Crippen LogP contribution in [-0.2, 0) is 10.3 Å². The first-order valence-electron chi connectivity index (χ1n) is 8.89. The lowest BCUT2D eigenvalue weighted by molar-refractivity contribution is -0.0249. The molecule has 0 aliphatic heterocycles. The van der Waals surface area contributed by atoms with Gasteiger partial charge >= 0.3 is 0 Å². The summed E-state index contributed by atoms with van der Waals surface area (Å²) in [6.07, 6.45) is 2.92. The zero-order chi connectivity index (χ0) is 18.2. The quantitative estimate of drug-likeness (QED) is 0.486. The molecule has 0 bridgehead atoms. The molecule has 2 nitrogen and oxygen atoms in total. The smallest absolute Gasteiger partial charge is 0.143 e. The van der Waals surface area contributed by atoms with E-state index in [9.17, 15) is 5.11 Å². The average Bonchev–Trinajstić information content (AvgIpc) is 2.71. The van der Waals surface area contributed by atoms with Crippen molar-refractivity contribution in [2.24, 2.45) is 0 Å². The Morgan fingerprint density at radius 3 is 1.50 bits per heavy atom. The van der Waals surface area contributed by atoms with E-state index in [0.29, 0.717) is 0 Å². The van der Waals surface area contributed by atoms with E-state index in [4.69, 9.17) is 4.74 Å². The van der Waals surface area contributed by atoms with E-state index in [0.717, 1.165) is 16.7 Å². The van der Waals surface area contributed by atoms with Gasteiger partial charge in [-0.3, -0.25) is 0 Å². The molecule has 3 aromatic rings. The van der Waals surface area contributed by atoms with Crippen molar-refractivity contribution in [2.75, 3.05) is 6.61 Å². The highest BCUT2D eigenvalue weighted by atomic mass is 16.5. The van der Waals surface area contributed by atoms with Gasteiger partial charge in [-0.05, 0) is 23.6 Å². The molecule has 3 aromatic carbocycles. The molecule has 0 spiro atoms. The van der Waals surface area contributed by atoms with Crippen LogP contribution in [-0.4, -0.2) is 17.8 Å². The zero-order valence-corrected chi connectivity index (χ0v) is 15.0. The summed E-state index contributed by atoms with van der Waals surface area (Å²) in [6.45, 7) is 2.09. The van der Waals surface area contributed by atoms with Crippen LogP contribution >= 0.6 is 0 Å². The third kappa shape index (κ3) is 3.77. The molecule has 3 rings (SSSR count). The first-order valence-corrected chi connectivity index (χ1v) is 8.89. The lowest BCUT2D eigenvalue weighted by Crippen LogP contribution is -2.35. The summed E-state index contributed by atoms with van der Waals surface area (Å²) in [5.41, 5.74) is 2.31. The summed E-state index contributed by atoms with van der Waals surface area (Å²) in [4.78, 5) is 0. The Morgan fingerprint density at radius 2 is 1.15 bits per heavy atom. The van der Waals surface area contributed by atoms with Crippen molar-refractivity contribution in [1.82, 2.24) is 0 Å². The van der Waals surface area contributed by atoms with Crippen LogP contribution in [0.4, 0.5) is 0 Å². The lowest BCUT2D eigenvalue weighted by Gasteiger charge is -2.36. The number of allylic oxidation sites excluding steroid dienone is 1. The molecule has 1 atom stereocenters. The molecule has 0 aliphatic rings. The van der Waals surface area contributed by atoms with Gasteiger partial charge in [-0.15, -0.1) is 0 Å². The van der Waals surface area contributed by atoms with Crippen molar-refractivity contribution in [3.05, 3.63) is 120 Å². The standard InChI is InChI=1S/C24H24O2/c1-2-12-23(25)19-26-24(20-13-6-3-7-14-20,21-15-8-4-9-16-21)22-17-10-5-11-18-22/h2-18,23,25H,19H2,1H3/b12-2-/t23-/m0/s1. The largest absolute Gasteiger partial charge is 0.387 e. The fourth-order valence-electron chi connectivity index (χ4n) is 3.26. The fraction of sp³-hybridized carbons (Fsp3) is 0.167. The molecule has 1 N–H and O–H groups in total.